The zero-order valence-electron chi connectivity index (χ0n) is 20.0. The minimum atomic E-state index is -0.849. The first-order valence-electron chi connectivity index (χ1n) is 11.3. The van der Waals surface area contributed by atoms with Crippen molar-refractivity contribution >= 4 is 46.5 Å². The number of carbonyl (C=O) groups excluding carboxylic acids is 4. The van der Waals surface area contributed by atoms with E-state index < -0.39 is 23.3 Å². The number of amides is 3. The molecule has 0 spiro atoms. The topological polar surface area (TPSA) is 137 Å². The molecule has 11 heteroatoms. The second-order valence-electron chi connectivity index (χ2n) is 8.15. The maximum Gasteiger partial charge on any atom is 0.328 e. The number of hydrogen-bond donors (Lipinski definition) is 3. The molecule has 3 amide bonds. The number of hydrogen-bond acceptors (Lipinski definition) is 9. The predicted octanol–water partition coefficient (Wildman–Crippen LogP) is 2.65. The van der Waals surface area contributed by atoms with E-state index >= 15 is 0 Å². The van der Waals surface area contributed by atoms with Crippen LogP contribution in [0.1, 0.15) is 17.5 Å². The Morgan fingerprint density at radius 1 is 1.08 bits per heavy atom. The van der Waals surface area contributed by atoms with Crippen LogP contribution in [0.3, 0.4) is 0 Å². The number of carbonyl (C=O) groups is 4. The lowest BCUT2D eigenvalue weighted by Crippen LogP contribution is -2.49. The Kier molecular flexibility index (Phi) is 10.2. The Labute approximate surface area is 218 Å². The summed E-state index contributed by atoms with van der Waals surface area (Å²) in [6.45, 7) is 0. The zero-order chi connectivity index (χ0) is 26.1. The molecule has 1 saturated heterocycles. The molecule has 0 bridgehead atoms. The molecule has 0 aliphatic carbocycles. The van der Waals surface area contributed by atoms with Crippen molar-refractivity contribution in [1.29, 1.82) is 0 Å². The van der Waals surface area contributed by atoms with Crippen molar-refractivity contribution in [3.05, 3.63) is 59.7 Å². The van der Waals surface area contributed by atoms with Crippen molar-refractivity contribution in [2.75, 3.05) is 19.1 Å². The van der Waals surface area contributed by atoms with E-state index in [1.807, 2.05) is 30.5 Å². The first-order chi connectivity index (χ1) is 17.3. The van der Waals surface area contributed by atoms with Crippen molar-refractivity contribution < 1.29 is 28.7 Å². The van der Waals surface area contributed by atoms with E-state index in [2.05, 4.69) is 10.6 Å². The molecule has 3 unspecified atom stereocenters. The largest absolute Gasteiger partial charge is 0.467 e. The minimum Gasteiger partial charge on any atom is -0.467 e. The Bertz CT molecular complexity index is 1080. The lowest BCUT2D eigenvalue weighted by Gasteiger charge is -2.19. The second kappa shape index (κ2) is 13.3. The molecule has 0 aromatic heterocycles. The number of nitrogens with one attached hydrogen (secondary N) is 2. The van der Waals surface area contributed by atoms with Crippen LogP contribution < -0.4 is 21.1 Å². The van der Waals surface area contributed by atoms with Crippen LogP contribution in [-0.2, 0) is 32.0 Å². The van der Waals surface area contributed by atoms with Crippen LogP contribution in [0.2, 0.25) is 0 Å². The Balaban J connectivity index is 1.56. The van der Waals surface area contributed by atoms with Gasteiger partial charge >= 0.3 is 5.97 Å². The molecule has 2 aromatic carbocycles. The van der Waals surface area contributed by atoms with E-state index in [1.54, 1.807) is 36.0 Å². The highest BCUT2D eigenvalue weighted by atomic mass is 32.2. The van der Waals surface area contributed by atoms with Crippen molar-refractivity contribution in [1.82, 2.24) is 10.6 Å². The first-order valence-corrected chi connectivity index (χ1v) is 13.6. The van der Waals surface area contributed by atoms with Gasteiger partial charge in [0, 0.05) is 6.42 Å². The molecule has 1 aliphatic heterocycles. The molecule has 9 nitrogen and oxygen atoms in total. The van der Waals surface area contributed by atoms with Gasteiger partial charge in [-0.15, -0.1) is 0 Å². The highest BCUT2D eigenvalue weighted by Gasteiger charge is 2.31. The molecule has 4 N–H and O–H groups in total. The standard InChI is InChI=1S/C25H29N3O6S2/c1-33-24(31)20(27-22(29)19(26)11-12-35-2)13-15-3-7-17(8-4-15)34-18-9-5-16(6-10-18)14-21-23(30)28-25(32)36-21/h3-10,19-21H,11-14,26H2,1-2H3,(H,27,29)(H,28,30,32). The van der Waals surface area contributed by atoms with Gasteiger partial charge in [-0.25, -0.2) is 4.79 Å². The monoisotopic (exact) mass is 531 g/mol. The summed E-state index contributed by atoms with van der Waals surface area (Å²) < 4.78 is 10.7. The molecular weight excluding hydrogens is 502 g/mol. The van der Waals surface area contributed by atoms with Crippen LogP contribution in [0.25, 0.3) is 0 Å². The van der Waals surface area contributed by atoms with Gasteiger partial charge < -0.3 is 20.5 Å². The van der Waals surface area contributed by atoms with Crippen molar-refractivity contribution in [3.63, 3.8) is 0 Å². The smallest absolute Gasteiger partial charge is 0.328 e. The first kappa shape index (κ1) is 27.6. The van der Waals surface area contributed by atoms with Gasteiger partial charge in [-0.05, 0) is 60.2 Å². The summed E-state index contributed by atoms with van der Waals surface area (Å²) in [5.74, 6) is 0.767. The fourth-order valence-corrected chi connectivity index (χ4v) is 4.84. The minimum absolute atomic E-state index is 0.248. The zero-order valence-corrected chi connectivity index (χ0v) is 21.7. The predicted molar refractivity (Wildman–Crippen MR) is 140 cm³/mol. The summed E-state index contributed by atoms with van der Waals surface area (Å²) in [6, 6.07) is 12.9. The molecule has 0 radical (unpaired) electrons. The average Bonchev–Trinajstić information content (AvgIpc) is 3.19. The number of nitrogens with two attached hydrogens (primary N) is 1. The van der Waals surface area contributed by atoms with Gasteiger partial charge in [-0.1, -0.05) is 36.0 Å². The van der Waals surface area contributed by atoms with E-state index in [0.717, 1.165) is 28.6 Å². The molecule has 36 heavy (non-hydrogen) atoms. The number of methoxy groups -OCH3 is 1. The van der Waals surface area contributed by atoms with Crippen LogP contribution in [0.15, 0.2) is 48.5 Å². The molecule has 2 aromatic rings. The highest BCUT2D eigenvalue weighted by Crippen LogP contribution is 2.26. The quantitative estimate of drug-likeness (QED) is 0.353. The average molecular weight is 532 g/mol. The Hall–Kier alpha value is -3.02. The third-order valence-electron chi connectivity index (χ3n) is 5.48. The summed E-state index contributed by atoms with van der Waals surface area (Å²) in [6.07, 6.45) is 3.16. The van der Waals surface area contributed by atoms with Gasteiger partial charge in [0.25, 0.3) is 5.24 Å². The number of imide groups is 1. The van der Waals surface area contributed by atoms with E-state index in [0.29, 0.717) is 24.3 Å². The number of esters is 1. The number of rotatable bonds is 12. The van der Waals surface area contributed by atoms with Gasteiger partial charge in [0.15, 0.2) is 0 Å². The highest BCUT2D eigenvalue weighted by molar-refractivity contribution is 8.15. The fourth-order valence-electron chi connectivity index (χ4n) is 3.49. The molecular formula is C25H29N3O6S2. The van der Waals surface area contributed by atoms with Gasteiger partial charge in [0.2, 0.25) is 11.8 Å². The van der Waals surface area contributed by atoms with E-state index in [1.165, 1.54) is 7.11 Å². The lowest BCUT2D eigenvalue weighted by atomic mass is 10.0. The summed E-state index contributed by atoms with van der Waals surface area (Å²) in [7, 11) is 1.28. The molecule has 3 rings (SSSR count). The van der Waals surface area contributed by atoms with Crippen LogP contribution in [0.4, 0.5) is 4.79 Å². The molecule has 3 atom stereocenters. The Morgan fingerprint density at radius 2 is 1.69 bits per heavy atom. The van der Waals surface area contributed by atoms with E-state index in [4.69, 9.17) is 15.2 Å². The number of ether oxygens (including phenoxy) is 2. The van der Waals surface area contributed by atoms with Crippen molar-refractivity contribution in [3.8, 4) is 11.5 Å². The molecule has 1 heterocycles. The van der Waals surface area contributed by atoms with Crippen LogP contribution in [-0.4, -0.2) is 59.5 Å². The maximum absolute atomic E-state index is 12.4. The SMILES string of the molecule is COC(=O)C(Cc1ccc(Oc2ccc(CC3SC(=O)NC3=O)cc2)cc1)NC(=O)C(N)CCSC. The summed E-state index contributed by atoms with van der Waals surface area (Å²) in [5.41, 5.74) is 7.65. The number of benzene rings is 2. The van der Waals surface area contributed by atoms with Gasteiger partial charge in [-0.2, -0.15) is 11.8 Å². The number of thioether (sulfide) groups is 2. The molecule has 192 valence electrons. The van der Waals surface area contributed by atoms with Gasteiger partial charge in [-0.3, -0.25) is 19.7 Å². The summed E-state index contributed by atoms with van der Waals surface area (Å²) in [4.78, 5) is 47.6. The third kappa shape index (κ3) is 8.00. The van der Waals surface area contributed by atoms with Gasteiger partial charge in [0.05, 0.1) is 18.4 Å². The van der Waals surface area contributed by atoms with Crippen molar-refractivity contribution in [2.24, 2.45) is 5.73 Å². The van der Waals surface area contributed by atoms with Crippen LogP contribution in [0, 0.1) is 0 Å². The fraction of sp³-hybridized carbons (Fsp3) is 0.360. The van der Waals surface area contributed by atoms with Crippen molar-refractivity contribution in [2.45, 2.75) is 36.6 Å². The normalized spacial score (nSPS) is 16.7. The summed E-state index contributed by atoms with van der Waals surface area (Å²) >= 11 is 2.60. The van der Waals surface area contributed by atoms with E-state index in [-0.39, 0.29) is 23.5 Å². The second-order valence-corrected chi connectivity index (χ2v) is 10.3. The van der Waals surface area contributed by atoms with Crippen LogP contribution in [0.5, 0.6) is 11.5 Å². The van der Waals surface area contributed by atoms with Gasteiger partial charge in [0.1, 0.15) is 17.5 Å². The van der Waals surface area contributed by atoms with Crippen LogP contribution >= 0.6 is 23.5 Å². The maximum atomic E-state index is 12.4. The Morgan fingerprint density at radius 3 is 2.22 bits per heavy atom. The van der Waals surface area contributed by atoms with E-state index in [9.17, 15) is 19.2 Å². The molecule has 1 fully saturated rings. The third-order valence-corrected chi connectivity index (χ3v) is 7.11. The molecule has 0 saturated carbocycles. The summed E-state index contributed by atoms with van der Waals surface area (Å²) in [5, 5.41) is 4.25. The lowest BCUT2D eigenvalue weighted by molar-refractivity contribution is -0.145. The molecule has 1 aliphatic rings.